The maximum atomic E-state index is 12.2. The molecular formula is C13H18F3NO. The number of hydrogen-bond acceptors (Lipinski definition) is 2. The van der Waals surface area contributed by atoms with Crippen molar-refractivity contribution in [2.45, 2.75) is 38.9 Å². The van der Waals surface area contributed by atoms with E-state index in [1.165, 1.54) is 0 Å². The van der Waals surface area contributed by atoms with Crippen molar-refractivity contribution in [2.24, 2.45) is 5.73 Å². The minimum atomic E-state index is -4.17. The largest absolute Gasteiger partial charge is 0.494 e. The molecule has 102 valence electrons. The highest BCUT2D eigenvalue weighted by molar-refractivity contribution is 5.39. The zero-order valence-electron chi connectivity index (χ0n) is 10.6. The summed E-state index contributed by atoms with van der Waals surface area (Å²) >= 11 is 0. The highest BCUT2D eigenvalue weighted by atomic mass is 19.4. The second-order valence-corrected chi connectivity index (χ2v) is 4.23. The zero-order valence-corrected chi connectivity index (χ0v) is 10.6. The monoisotopic (exact) mass is 261 g/mol. The number of rotatable bonds is 5. The number of nitrogens with two attached hydrogens (primary N) is 1. The molecule has 2 N–H and O–H groups in total. The van der Waals surface area contributed by atoms with Gasteiger partial charge in [-0.1, -0.05) is 17.7 Å². The number of alkyl halides is 3. The molecule has 5 heteroatoms. The fourth-order valence-electron chi connectivity index (χ4n) is 1.72. The summed E-state index contributed by atoms with van der Waals surface area (Å²) in [6.07, 6.45) is -5.19. The van der Waals surface area contributed by atoms with Gasteiger partial charge in [0.25, 0.3) is 0 Å². The second kappa shape index (κ2) is 6.09. The lowest BCUT2D eigenvalue weighted by Gasteiger charge is -2.18. The summed E-state index contributed by atoms with van der Waals surface area (Å²) in [7, 11) is 0. The minimum absolute atomic E-state index is 0.132. The van der Waals surface area contributed by atoms with Crippen LogP contribution in [0.1, 0.15) is 36.9 Å². The number of aryl methyl sites for hydroxylation is 1. The molecule has 1 aromatic carbocycles. The predicted octanol–water partition coefficient (Wildman–Crippen LogP) is 3.74. The third kappa shape index (κ3) is 4.56. The number of halogens is 3. The Balaban J connectivity index is 2.82. The van der Waals surface area contributed by atoms with Crippen molar-refractivity contribution in [3.8, 4) is 5.75 Å². The molecule has 0 fully saturated rings. The molecule has 0 amide bonds. The first kappa shape index (κ1) is 14.8. The molecule has 0 aliphatic heterocycles. The molecular weight excluding hydrogens is 243 g/mol. The summed E-state index contributed by atoms with van der Waals surface area (Å²) in [6, 6.07) is 4.73. The SMILES string of the molecule is CCOc1ccc(C)cc1C(N)CCC(F)(F)F. The van der Waals surface area contributed by atoms with Gasteiger partial charge in [0.2, 0.25) is 0 Å². The van der Waals surface area contributed by atoms with Crippen LogP contribution in [0, 0.1) is 6.92 Å². The summed E-state index contributed by atoms with van der Waals surface area (Å²) in [6.45, 7) is 4.16. The maximum absolute atomic E-state index is 12.2. The molecule has 1 unspecified atom stereocenters. The Kier molecular flexibility index (Phi) is 5.02. The van der Waals surface area contributed by atoms with E-state index in [1.807, 2.05) is 19.9 Å². The third-order valence-electron chi connectivity index (χ3n) is 2.60. The van der Waals surface area contributed by atoms with Crippen LogP contribution in [-0.2, 0) is 0 Å². The molecule has 0 aromatic heterocycles. The summed E-state index contributed by atoms with van der Waals surface area (Å²) in [5.41, 5.74) is 7.42. The van der Waals surface area contributed by atoms with Crippen LogP contribution in [0.4, 0.5) is 13.2 Å². The summed E-state index contributed by atoms with van der Waals surface area (Å²) < 4.78 is 41.9. The fraction of sp³-hybridized carbons (Fsp3) is 0.538. The zero-order chi connectivity index (χ0) is 13.8. The molecule has 0 radical (unpaired) electrons. The highest BCUT2D eigenvalue weighted by Crippen LogP contribution is 2.31. The summed E-state index contributed by atoms with van der Waals surface area (Å²) in [4.78, 5) is 0. The number of benzene rings is 1. The molecule has 0 aliphatic rings. The smallest absolute Gasteiger partial charge is 0.389 e. The standard InChI is InChI=1S/C13H18F3NO/c1-3-18-12-5-4-9(2)8-10(12)11(17)6-7-13(14,15)16/h4-5,8,11H,3,6-7,17H2,1-2H3. The Morgan fingerprint density at radius 3 is 2.56 bits per heavy atom. The quantitative estimate of drug-likeness (QED) is 0.876. The normalized spacial score (nSPS) is 13.4. The lowest BCUT2D eigenvalue weighted by atomic mass is 10.00. The first-order valence-electron chi connectivity index (χ1n) is 5.89. The second-order valence-electron chi connectivity index (χ2n) is 4.23. The van der Waals surface area contributed by atoms with Crippen molar-refractivity contribution in [2.75, 3.05) is 6.61 Å². The van der Waals surface area contributed by atoms with Gasteiger partial charge in [-0.3, -0.25) is 0 Å². The molecule has 1 aromatic rings. The van der Waals surface area contributed by atoms with Crippen molar-refractivity contribution in [1.82, 2.24) is 0 Å². The van der Waals surface area contributed by atoms with Gasteiger partial charge in [0.15, 0.2) is 0 Å². The van der Waals surface area contributed by atoms with Crippen LogP contribution in [0.3, 0.4) is 0 Å². The molecule has 0 saturated carbocycles. The first-order chi connectivity index (χ1) is 8.33. The summed E-state index contributed by atoms with van der Waals surface area (Å²) in [5.74, 6) is 0.567. The Morgan fingerprint density at radius 2 is 2.00 bits per heavy atom. The van der Waals surface area contributed by atoms with Crippen LogP contribution in [0.15, 0.2) is 18.2 Å². The van der Waals surface area contributed by atoms with E-state index in [-0.39, 0.29) is 6.42 Å². The van der Waals surface area contributed by atoms with Gasteiger partial charge >= 0.3 is 6.18 Å². The fourth-order valence-corrected chi connectivity index (χ4v) is 1.72. The van der Waals surface area contributed by atoms with E-state index in [0.717, 1.165) is 5.56 Å². The number of ether oxygens (including phenoxy) is 1. The first-order valence-corrected chi connectivity index (χ1v) is 5.89. The van der Waals surface area contributed by atoms with Crippen molar-refractivity contribution < 1.29 is 17.9 Å². The predicted molar refractivity (Wildman–Crippen MR) is 64.6 cm³/mol. The van der Waals surface area contributed by atoms with Gasteiger partial charge in [-0.25, -0.2) is 0 Å². The van der Waals surface area contributed by atoms with Gasteiger partial charge < -0.3 is 10.5 Å². The van der Waals surface area contributed by atoms with E-state index >= 15 is 0 Å². The third-order valence-corrected chi connectivity index (χ3v) is 2.60. The van der Waals surface area contributed by atoms with E-state index in [2.05, 4.69) is 0 Å². The van der Waals surface area contributed by atoms with Gasteiger partial charge in [0.05, 0.1) is 6.61 Å². The molecule has 0 heterocycles. The van der Waals surface area contributed by atoms with Gasteiger partial charge in [-0.15, -0.1) is 0 Å². The van der Waals surface area contributed by atoms with Crippen LogP contribution in [-0.4, -0.2) is 12.8 Å². The van der Waals surface area contributed by atoms with E-state index in [4.69, 9.17) is 10.5 Å². The van der Waals surface area contributed by atoms with Gasteiger partial charge in [0, 0.05) is 18.0 Å². The molecule has 18 heavy (non-hydrogen) atoms. The van der Waals surface area contributed by atoms with Crippen LogP contribution >= 0.6 is 0 Å². The Labute approximate surface area is 105 Å². The Morgan fingerprint density at radius 1 is 1.33 bits per heavy atom. The molecule has 0 saturated heterocycles. The molecule has 1 rings (SSSR count). The van der Waals surface area contributed by atoms with E-state index in [9.17, 15) is 13.2 Å². The number of hydrogen-bond donors (Lipinski definition) is 1. The van der Waals surface area contributed by atoms with Gasteiger partial charge in [-0.05, 0) is 26.3 Å². The van der Waals surface area contributed by atoms with E-state index < -0.39 is 18.6 Å². The van der Waals surface area contributed by atoms with Crippen LogP contribution in [0.25, 0.3) is 0 Å². The minimum Gasteiger partial charge on any atom is -0.494 e. The topological polar surface area (TPSA) is 35.2 Å². The van der Waals surface area contributed by atoms with E-state index in [1.54, 1.807) is 12.1 Å². The van der Waals surface area contributed by atoms with E-state index in [0.29, 0.717) is 17.9 Å². The maximum Gasteiger partial charge on any atom is 0.389 e. The summed E-state index contributed by atoms with van der Waals surface area (Å²) in [5, 5.41) is 0. The molecule has 0 aliphatic carbocycles. The average Bonchev–Trinajstić information content (AvgIpc) is 2.27. The van der Waals surface area contributed by atoms with Gasteiger partial charge in [-0.2, -0.15) is 13.2 Å². The van der Waals surface area contributed by atoms with Crippen LogP contribution in [0.2, 0.25) is 0 Å². The van der Waals surface area contributed by atoms with Crippen molar-refractivity contribution in [3.63, 3.8) is 0 Å². The van der Waals surface area contributed by atoms with Crippen LogP contribution in [0.5, 0.6) is 5.75 Å². The molecule has 2 nitrogen and oxygen atoms in total. The molecule has 0 spiro atoms. The lowest BCUT2D eigenvalue weighted by molar-refractivity contribution is -0.136. The Hall–Kier alpha value is -1.23. The Bertz CT molecular complexity index is 390. The van der Waals surface area contributed by atoms with Crippen molar-refractivity contribution >= 4 is 0 Å². The van der Waals surface area contributed by atoms with Crippen molar-refractivity contribution in [3.05, 3.63) is 29.3 Å². The highest BCUT2D eigenvalue weighted by Gasteiger charge is 2.28. The molecule has 0 bridgehead atoms. The average molecular weight is 261 g/mol. The molecule has 1 atom stereocenters. The van der Waals surface area contributed by atoms with Crippen molar-refractivity contribution in [1.29, 1.82) is 0 Å². The lowest BCUT2D eigenvalue weighted by Crippen LogP contribution is -2.17. The van der Waals surface area contributed by atoms with Crippen LogP contribution < -0.4 is 10.5 Å². The van der Waals surface area contributed by atoms with Gasteiger partial charge in [0.1, 0.15) is 5.75 Å².